The second-order valence-electron chi connectivity index (χ2n) is 4.97. The van der Waals surface area contributed by atoms with Crippen LogP contribution in [0.2, 0.25) is 5.02 Å². The number of carbonyl (C=O) groups excluding carboxylic acids is 1. The molecule has 1 aliphatic rings. The van der Waals surface area contributed by atoms with Crippen LogP contribution in [0.4, 0.5) is 0 Å². The smallest absolute Gasteiger partial charge is 0.280 e. The third-order valence-electron chi connectivity index (χ3n) is 3.18. The number of nitrogens with two attached hydrogens (primary N) is 2. The van der Waals surface area contributed by atoms with E-state index in [9.17, 15) is 4.79 Å². The predicted octanol–water partition coefficient (Wildman–Crippen LogP) is 2.92. The van der Waals surface area contributed by atoms with E-state index in [0.717, 1.165) is 11.1 Å². The van der Waals surface area contributed by atoms with Crippen molar-refractivity contribution < 1.29 is 4.79 Å². The number of aliphatic imine (C=N–C) groups is 1. The summed E-state index contributed by atoms with van der Waals surface area (Å²) in [6, 6.07) is 1.79. The molecule has 24 heavy (non-hydrogen) atoms. The number of nitrogens with zero attached hydrogens (tertiary/aromatic N) is 2. The standard InChI is InChI=1S/C18H17ClN4O/c1-12-10-13(17(24)23-18(20)21)6-4-2-3-5-7-14(12)15-8-9-22-11-16(15)19/h3-11H,1-2H2,(H4,20,21,23,24)/b5-3-,6-4-,13-10+,14-7+. The molecular weight excluding hydrogens is 324 g/mol. The maximum atomic E-state index is 12.1. The molecule has 0 aliphatic heterocycles. The number of amides is 1. The normalized spacial score (nSPS) is 21.6. The lowest BCUT2D eigenvalue weighted by molar-refractivity contribution is -0.114. The van der Waals surface area contributed by atoms with Gasteiger partial charge in [0.1, 0.15) is 0 Å². The number of halogens is 1. The maximum Gasteiger partial charge on any atom is 0.280 e. The molecule has 1 aliphatic carbocycles. The number of rotatable bonds is 2. The molecule has 2 rings (SSSR count). The first-order valence-corrected chi connectivity index (χ1v) is 7.55. The first-order chi connectivity index (χ1) is 11.5. The van der Waals surface area contributed by atoms with Gasteiger partial charge in [0, 0.05) is 23.5 Å². The van der Waals surface area contributed by atoms with Gasteiger partial charge in [-0.05, 0) is 29.7 Å². The number of hydrogen-bond donors (Lipinski definition) is 2. The molecule has 1 amide bonds. The molecule has 0 atom stereocenters. The molecule has 4 N–H and O–H groups in total. The van der Waals surface area contributed by atoms with Crippen LogP contribution >= 0.6 is 11.6 Å². The third kappa shape index (κ3) is 4.54. The molecule has 1 aromatic rings. The van der Waals surface area contributed by atoms with Crippen molar-refractivity contribution >= 4 is 29.0 Å². The largest absolute Gasteiger partial charge is 0.370 e. The Balaban J connectivity index is 2.50. The lowest BCUT2D eigenvalue weighted by atomic mass is 9.96. The zero-order valence-electron chi connectivity index (χ0n) is 12.9. The van der Waals surface area contributed by atoms with Crippen molar-refractivity contribution in [2.75, 3.05) is 0 Å². The predicted molar refractivity (Wildman–Crippen MR) is 98.2 cm³/mol. The van der Waals surface area contributed by atoms with E-state index in [0.29, 0.717) is 22.6 Å². The molecule has 0 bridgehead atoms. The first-order valence-electron chi connectivity index (χ1n) is 7.17. The fraction of sp³-hybridized carbons (Fsp3) is 0.0556. The second-order valence-corrected chi connectivity index (χ2v) is 5.38. The van der Waals surface area contributed by atoms with Gasteiger partial charge in [-0.25, -0.2) is 0 Å². The summed E-state index contributed by atoms with van der Waals surface area (Å²) in [5, 5.41) is 0.497. The third-order valence-corrected chi connectivity index (χ3v) is 3.49. The molecule has 1 heterocycles. The molecule has 0 spiro atoms. The van der Waals surface area contributed by atoms with Gasteiger partial charge in [-0.1, -0.05) is 48.6 Å². The highest BCUT2D eigenvalue weighted by Gasteiger charge is 2.12. The summed E-state index contributed by atoms with van der Waals surface area (Å²) in [4.78, 5) is 19.7. The molecule has 0 saturated carbocycles. The van der Waals surface area contributed by atoms with Gasteiger partial charge in [-0.3, -0.25) is 9.78 Å². The summed E-state index contributed by atoms with van der Waals surface area (Å²) in [5.74, 6) is -0.818. The Labute approximate surface area is 145 Å². The monoisotopic (exact) mass is 340 g/mol. The summed E-state index contributed by atoms with van der Waals surface area (Å²) in [5.41, 5.74) is 13.1. The fourth-order valence-electron chi connectivity index (χ4n) is 2.11. The van der Waals surface area contributed by atoms with Crippen molar-refractivity contribution in [3.05, 3.63) is 83.2 Å². The second kappa shape index (κ2) is 8.08. The van der Waals surface area contributed by atoms with Gasteiger partial charge in [0.15, 0.2) is 5.96 Å². The van der Waals surface area contributed by atoms with Crippen molar-refractivity contribution in [3.8, 4) is 0 Å². The number of pyridine rings is 1. The van der Waals surface area contributed by atoms with Crippen LogP contribution in [0.15, 0.2) is 77.6 Å². The molecule has 0 radical (unpaired) electrons. The maximum absolute atomic E-state index is 12.1. The Morgan fingerprint density at radius 2 is 2.12 bits per heavy atom. The summed E-state index contributed by atoms with van der Waals surface area (Å²) >= 11 is 6.23. The average Bonchev–Trinajstić information content (AvgIpc) is 2.53. The minimum absolute atomic E-state index is 0.287. The minimum Gasteiger partial charge on any atom is -0.370 e. The zero-order valence-corrected chi connectivity index (χ0v) is 13.7. The van der Waals surface area contributed by atoms with Crippen LogP contribution in [-0.2, 0) is 4.79 Å². The Hall–Kier alpha value is -2.92. The number of allylic oxidation sites excluding steroid dienone is 7. The lowest BCUT2D eigenvalue weighted by Crippen LogP contribution is -2.24. The topological polar surface area (TPSA) is 94.4 Å². The van der Waals surface area contributed by atoms with E-state index in [1.54, 1.807) is 30.6 Å². The quantitative estimate of drug-likeness (QED) is 0.639. The number of aromatic nitrogens is 1. The molecule has 1 aromatic heterocycles. The van der Waals surface area contributed by atoms with Gasteiger partial charge < -0.3 is 11.5 Å². The Morgan fingerprint density at radius 3 is 2.83 bits per heavy atom. The highest BCUT2D eigenvalue weighted by Crippen LogP contribution is 2.29. The van der Waals surface area contributed by atoms with Crippen LogP contribution in [0.3, 0.4) is 0 Å². The van der Waals surface area contributed by atoms with E-state index in [1.165, 1.54) is 0 Å². The molecule has 6 heteroatoms. The molecular formula is C18H17ClN4O. The van der Waals surface area contributed by atoms with Crippen LogP contribution < -0.4 is 11.5 Å². The van der Waals surface area contributed by atoms with Crippen LogP contribution in [0.1, 0.15) is 12.0 Å². The van der Waals surface area contributed by atoms with Gasteiger partial charge in [-0.15, -0.1) is 0 Å². The average molecular weight is 341 g/mol. The van der Waals surface area contributed by atoms with Gasteiger partial charge >= 0.3 is 0 Å². The Morgan fingerprint density at radius 1 is 1.33 bits per heavy atom. The van der Waals surface area contributed by atoms with E-state index in [-0.39, 0.29) is 5.96 Å². The molecule has 122 valence electrons. The van der Waals surface area contributed by atoms with E-state index in [2.05, 4.69) is 16.6 Å². The number of hydrogen-bond acceptors (Lipinski definition) is 2. The zero-order chi connectivity index (χ0) is 17.5. The lowest BCUT2D eigenvalue weighted by Gasteiger charge is -2.11. The summed E-state index contributed by atoms with van der Waals surface area (Å²) in [7, 11) is 0. The highest BCUT2D eigenvalue weighted by molar-refractivity contribution is 6.32. The van der Waals surface area contributed by atoms with E-state index in [4.69, 9.17) is 23.1 Å². The Kier molecular flexibility index (Phi) is 5.87. The van der Waals surface area contributed by atoms with Crippen molar-refractivity contribution in [3.63, 3.8) is 0 Å². The molecule has 0 saturated heterocycles. The first kappa shape index (κ1) is 17.4. The van der Waals surface area contributed by atoms with E-state index >= 15 is 0 Å². The number of carbonyl (C=O) groups is 1. The highest BCUT2D eigenvalue weighted by atomic mass is 35.5. The van der Waals surface area contributed by atoms with Crippen LogP contribution in [0.5, 0.6) is 0 Å². The van der Waals surface area contributed by atoms with Crippen molar-refractivity contribution in [2.24, 2.45) is 16.5 Å². The number of guanidine groups is 1. The van der Waals surface area contributed by atoms with Crippen LogP contribution in [-0.4, -0.2) is 16.9 Å². The SMILES string of the molecule is C=C1/C=C(C(=O)N=C(N)N)\C=C/C/C=C\C=C/1c1ccncc1Cl. The van der Waals surface area contributed by atoms with Crippen molar-refractivity contribution in [2.45, 2.75) is 6.42 Å². The Bertz CT molecular complexity index is 812. The van der Waals surface area contributed by atoms with Crippen LogP contribution in [0.25, 0.3) is 5.57 Å². The fourth-order valence-corrected chi connectivity index (χ4v) is 2.33. The van der Waals surface area contributed by atoms with E-state index < -0.39 is 5.91 Å². The molecule has 0 aromatic carbocycles. The van der Waals surface area contributed by atoms with Crippen molar-refractivity contribution in [1.29, 1.82) is 0 Å². The summed E-state index contributed by atoms with van der Waals surface area (Å²) in [6.45, 7) is 4.04. The van der Waals surface area contributed by atoms with Crippen LogP contribution in [0, 0.1) is 0 Å². The molecule has 5 nitrogen and oxygen atoms in total. The van der Waals surface area contributed by atoms with Gasteiger partial charge in [0.2, 0.25) is 0 Å². The molecule has 0 unspecified atom stereocenters. The molecule has 0 fully saturated rings. The summed E-state index contributed by atoms with van der Waals surface area (Å²) in [6.07, 6.45) is 14.8. The van der Waals surface area contributed by atoms with Gasteiger partial charge in [0.25, 0.3) is 5.91 Å². The van der Waals surface area contributed by atoms with Gasteiger partial charge in [-0.2, -0.15) is 4.99 Å². The van der Waals surface area contributed by atoms with Crippen molar-refractivity contribution in [1.82, 2.24) is 4.98 Å². The van der Waals surface area contributed by atoms with E-state index in [1.807, 2.05) is 24.3 Å². The summed E-state index contributed by atoms with van der Waals surface area (Å²) < 4.78 is 0. The van der Waals surface area contributed by atoms with Gasteiger partial charge in [0.05, 0.1) is 5.02 Å². The minimum atomic E-state index is -0.530.